The van der Waals surface area contributed by atoms with E-state index in [1.165, 1.54) is 30.7 Å². The van der Waals surface area contributed by atoms with Crippen LogP contribution in [0.5, 0.6) is 0 Å². The lowest BCUT2D eigenvalue weighted by Gasteiger charge is -2.46. The molecule has 0 spiro atoms. The zero-order valence-corrected chi connectivity index (χ0v) is 22.3. The summed E-state index contributed by atoms with van der Waals surface area (Å²) in [5.41, 5.74) is 0.292. The molecule has 0 aliphatic heterocycles. The largest absolute Gasteiger partial charge is 0.481 e. The van der Waals surface area contributed by atoms with Crippen LogP contribution >= 0.6 is 0 Å². The number of alkyl halides is 3. The molecule has 5 rings (SSSR count). The molecule has 2 fully saturated rings. The first-order valence-corrected chi connectivity index (χ1v) is 14.0. The Morgan fingerprint density at radius 2 is 1.62 bits per heavy atom. The number of carbonyl (C=O) groups excluding carboxylic acids is 1. The third-order valence-electron chi connectivity index (χ3n) is 9.04. The molecule has 9 heteroatoms. The van der Waals surface area contributed by atoms with Crippen LogP contribution in [-0.2, 0) is 17.5 Å². The molecule has 1 amide bonds. The van der Waals surface area contributed by atoms with Crippen molar-refractivity contribution in [2.24, 2.45) is 11.3 Å². The number of hydrogen-bond donors (Lipinski definition) is 2. The van der Waals surface area contributed by atoms with Crippen molar-refractivity contribution in [3.05, 3.63) is 71.2 Å². The van der Waals surface area contributed by atoms with E-state index >= 15 is 0 Å². The minimum Gasteiger partial charge on any atom is -0.481 e. The summed E-state index contributed by atoms with van der Waals surface area (Å²) in [7, 11) is 0. The highest BCUT2D eigenvalue weighted by Crippen LogP contribution is 2.50. The van der Waals surface area contributed by atoms with E-state index in [1.807, 2.05) is 0 Å². The fourth-order valence-electron chi connectivity index (χ4n) is 6.95. The number of nitrogens with zero attached hydrogens (tertiary/aromatic N) is 1. The van der Waals surface area contributed by atoms with Gasteiger partial charge in [-0.3, -0.25) is 9.59 Å². The fraction of sp³-hybridized carbons (Fsp3) is 0.484. The second-order valence-corrected chi connectivity index (χ2v) is 11.5. The monoisotopic (exact) mass is 558 g/mol. The molecular formula is C31H34F4N2O3. The van der Waals surface area contributed by atoms with E-state index in [0.29, 0.717) is 35.4 Å². The summed E-state index contributed by atoms with van der Waals surface area (Å²) in [4.78, 5) is 25.2. The molecular weight excluding hydrogens is 524 g/mol. The number of aliphatic carboxylic acids is 1. The van der Waals surface area contributed by atoms with Crippen molar-refractivity contribution in [2.75, 3.05) is 0 Å². The number of rotatable bonds is 7. The zero-order valence-electron chi connectivity index (χ0n) is 22.3. The van der Waals surface area contributed by atoms with E-state index in [9.17, 15) is 32.3 Å². The molecule has 1 aromatic heterocycles. The second kappa shape index (κ2) is 11.3. The van der Waals surface area contributed by atoms with Gasteiger partial charge in [-0.2, -0.15) is 13.2 Å². The molecule has 0 unspecified atom stereocenters. The smallest absolute Gasteiger partial charge is 0.416 e. The van der Waals surface area contributed by atoms with Gasteiger partial charge in [-0.25, -0.2) is 4.39 Å². The molecule has 40 heavy (non-hydrogen) atoms. The van der Waals surface area contributed by atoms with Crippen molar-refractivity contribution >= 4 is 22.8 Å². The molecule has 0 radical (unpaired) electrons. The number of benzene rings is 2. The van der Waals surface area contributed by atoms with E-state index in [2.05, 4.69) is 5.32 Å². The topological polar surface area (TPSA) is 71.3 Å². The summed E-state index contributed by atoms with van der Waals surface area (Å²) in [6.07, 6.45) is 5.83. The Morgan fingerprint density at radius 1 is 0.950 bits per heavy atom. The Kier molecular flexibility index (Phi) is 7.93. The van der Waals surface area contributed by atoms with Crippen molar-refractivity contribution in [2.45, 2.75) is 83.0 Å². The molecule has 2 N–H and O–H groups in total. The number of fused-ring (bicyclic) bond motifs is 1. The van der Waals surface area contributed by atoms with Gasteiger partial charge >= 0.3 is 12.1 Å². The van der Waals surface area contributed by atoms with Crippen LogP contribution in [0.15, 0.2) is 48.7 Å². The summed E-state index contributed by atoms with van der Waals surface area (Å²) in [6.45, 7) is 0.174. The minimum absolute atomic E-state index is 0.114. The predicted octanol–water partition coefficient (Wildman–Crippen LogP) is 7.56. The Labute approximate surface area is 230 Å². The summed E-state index contributed by atoms with van der Waals surface area (Å²) in [6, 6.07) is 8.92. The van der Waals surface area contributed by atoms with Crippen LogP contribution in [0.25, 0.3) is 10.9 Å². The van der Waals surface area contributed by atoms with Gasteiger partial charge in [-0.1, -0.05) is 31.4 Å². The average Bonchev–Trinajstić information content (AvgIpc) is 3.34. The van der Waals surface area contributed by atoms with Crippen molar-refractivity contribution in [1.29, 1.82) is 0 Å². The average molecular weight is 559 g/mol. The maximum atomic E-state index is 14.7. The number of halogens is 4. The summed E-state index contributed by atoms with van der Waals surface area (Å²) in [5.74, 6) is -1.19. The molecule has 0 saturated heterocycles. The van der Waals surface area contributed by atoms with Crippen LogP contribution in [0.2, 0.25) is 0 Å². The number of carbonyl (C=O) groups is 2. The lowest BCUT2D eigenvalue weighted by Crippen LogP contribution is -2.44. The Hall–Kier alpha value is -3.36. The third kappa shape index (κ3) is 5.88. The molecule has 2 saturated carbocycles. The Bertz CT molecular complexity index is 1370. The van der Waals surface area contributed by atoms with Crippen molar-refractivity contribution in [3.8, 4) is 0 Å². The quantitative estimate of drug-likeness (QED) is 0.294. The number of carboxylic acids is 1. The maximum Gasteiger partial charge on any atom is 0.416 e. The highest BCUT2D eigenvalue weighted by atomic mass is 19.4. The molecule has 1 heterocycles. The SMILES string of the molecule is O=C(O)CC1(C2CCCCC2)CCC(NC(=O)c2ccc(F)c3ccn(Cc4ccc(C(F)(F)F)cc4)c23)CC1. The van der Waals surface area contributed by atoms with E-state index in [1.54, 1.807) is 16.8 Å². The molecule has 0 bridgehead atoms. The summed E-state index contributed by atoms with van der Waals surface area (Å²) >= 11 is 0. The van der Waals surface area contributed by atoms with Crippen LogP contribution < -0.4 is 5.32 Å². The zero-order chi connectivity index (χ0) is 28.5. The van der Waals surface area contributed by atoms with Crippen molar-refractivity contribution in [1.82, 2.24) is 9.88 Å². The highest BCUT2D eigenvalue weighted by Gasteiger charge is 2.43. The van der Waals surface area contributed by atoms with Crippen molar-refractivity contribution in [3.63, 3.8) is 0 Å². The van der Waals surface area contributed by atoms with Gasteiger partial charge in [0.05, 0.1) is 23.1 Å². The van der Waals surface area contributed by atoms with E-state index in [-0.39, 0.29) is 35.7 Å². The first kappa shape index (κ1) is 28.2. The van der Waals surface area contributed by atoms with E-state index in [4.69, 9.17) is 0 Å². The Balaban J connectivity index is 1.32. The number of hydrogen-bond acceptors (Lipinski definition) is 2. The highest BCUT2D eigenvalue weighted by molar-refractivity contribution is 6.06. The molecule has 3 aromatic rings. The van der Waals surface area contributed by atoms with Gasteiger partial charge in [-0.05, 0) is 85.8 Å². The Morgan fingerprint density at radius 3 is 2.25 bits per heavy atom. The van der Waals surface area contributed by atoms with Gasteiger partial charge in [0.2, 0.25) is 0 Å². The van der Waals surface area contributed by atoms with Crippen LogP contribution in [0.4, 0.5) is 17.6 Å². The lowest BCUT2D eigenvalue weighted by molar-refractivity contribution is -0.142. The van der Waals surface area contributed by atoms with Crippen molar-refractivity contribution < 1.29 is 32.3 Å². The standard InChI is InChI=1S/C31H34F4N2O3/c32-26-11-10-25(28-24(26)14-17-37(28)19-20-6-8-22(9-7-20)31(33,34)35)29(40)36-23-12-15-30(16-13-23,18-27(38)39)21-4-2-1-3-5-21/h6-11,14,17,21,23H,1-5,12-13,15-16,18-19H2,(H,36,40)(H,38,39). The number of carboxylic acid groups (broad SMARTS) is 1. The second-order valence-electron chi connectivity index (χ2n) is 11.5. The fourth-order valence-corrected chi connectivity index (χ4v) is 6.95. The first-order valence-electron chi connectivity index (χ1n) is 14.0. The first-order chi connectivity index (χ1) is 19.1. The normalized spacial score (nSPS) is 22.4. The van der Waals surface area contributed by atoms with Crippen LogP contribution in [-0.4, -0.2) is 27.6 Å². The molecule has 2 aliphatic rings. The molecule has 5 nitrogen and oxygen atoms in total. The van der Waals surface area contributed by atoms with Gasteiger partial charge in [0.15, 0.2) is 0 Å². The maximum absolute atomic E-state index is 14.7. The summed E-state index contributed by atoms with van der Waals surface area (Å²) < 4.78 is 55.2. The predicted molar refractivity (Wildman–Crippen MR) is 143 cm³/mol. The lowest BCUT2D eigenvalue weighted by atomic mass is 9.59. The van der Waals surface area contributed by atoms with Gasteiger partial charge in [0.25, 0.3) is 5.91 Å². The van der Waals surface area contributed by atoms with Gasteiger partial charge in [0, 0.05) is 24.2 Å². The van der Waals surface area contributed by atoms with Crippen LogP contribution in [0, 0.1) is 17.2 Å². The number of nitrogens with one attached hydrogen (secondary N) is 1. The molecule has 2 aliphatic carbocycles. The number of amides is 1. The molecule has 0 atom stereocenters. The minimum atomic E-state index is -4.43. The van der Waals surface area contributed by atoms with Gasteiger partial charge in [-0.15, -0.1) is 0 Å². The van der Waals surface area contributed by atoms with Crippen LogP contribution in [0.3, 0.4) is 0 Å². The molecule has 2 aromatic carbocycles. The van der Waals surface area contributed by atoms with E-state index in [0.717, 1.165) is 50.7 Å². The van der Waals surface area contributed by atoms with Gasteiger partial charge in [0.1, 0.15) is 5.82 Å². The van der Waals surface area contributed by atoms with Gasteiger partial charge < -0.3 is 15.0 Å². The summed E-state index contributed by atoms with van der Waals surface area (Å²) in [5, 5.41) is 13.0. The van der Waals surface area contributed by atoms with Crippen LogP contribution in [0.1, 0.15) is 85.7 Å². The number of aromatic nitrogens is 1. The van der Waals surface area contributed by atoms with E-state index < -0.39 is 23.5 Å². The third-order valence-corrected chi connectivity index (χ3v) is 9.04. The molecule has 214 valence electrons.